The molecule has 1 aromatic carbocycles. The van der Waals surface area contributed by atoms with E-state index in [1.165, 1.54) is 0 Å². The van der Waals surface area contributed by atoms with Crippen LogP contribution in [0, 0.1) is 0 Å². The van der Waals surface area contributed by atoms with Crippen LogP contribution in [0.3, 0.4) is 0 Å². The van der Waals surface area contributed by atoms with E-state index >= 15 is 0 Å². The number of imidazole rings is 1. The van der Waals surface area contributed by atoms with E-state index in [0.29, 0.717) is 27.9 Å². The molecule has 0 saturated heterocycles. The first kappa shape index (κ1) is 18.3. The monoisotopic (exact) mass is 354 g/mol. The van der Waals surface area contributed by atoms with Gasteiger partial charge in [0.25, 0.3) is 0 Å². The maximum absolute atomic E-state index is 11.5. The van der Waals surface area contributed by atoms with E-state index in [0.717, 1.165) is 32.2 Å². The lowest BCUT2D eigenvalue weighted by atomic mass is 9.87. The summed E-state index contributed by atoms with van der Waals surface area (Å²) in [6.45, 7) is 5.09. The Kier molecular flexibility index (Phi) is 6.51. The van der Waals surface area contributed by atoms with Gasteiger partial charge in [-0.25, -0.2) is 4.98 Å². The summed E-state index contributed by atoms with van der Waals surface area (Å²) in [6, 6.07) is 5.24. The second kappa shape index (κ2) is 8.18. The van der Waals surface area contributed by atoms with Gasteiger partial charge in [0.2, 0.25) is 0 Å². The number of rotatable bonds is 8. The standard InChI is InChI=1S/C18H24Cl2N2O/c1-3-5-9-18(23,15-8-7-14(19)13-16(15)20)17-21-10-12-22(17)11-6-4-2/h7-8,10,12-13,23H,3-6,9,11H2,1-2H3. The first-order valence-electron chi connectivity index (χ1n) is 8.22. The molecule has 1 unspecified atom stereocenters. The zero-order valence-corrected chi connectivity index (χ0v) is 15.2. The Balaban J connectivity index is 2.49. The smallest absolute Gasteiger partial charge is 0.149 e. The van der Waals surface area contributed by atoms with Crippen molar-refractivity contribution >= 4 is 23.2 Å². The summed E-state index contributed by atoms with van der Waals surface area (Å²) in [6.07, 6.45) is 8.25. The molecule has 1 atom stereocenters. The number of halogens is 2. The molecule has 1 heterocycles. The van der Waals surface area contributed by atoms with Crippen LogP contribution < -0.4 is 0 Å². The van der Waals surface area contributed by atoms with Gasteiger partial charge in [-0.3, -0.25) is 0 Å². The Morgan fingerprint density at radius 1 is 1.17 bits per heavy atom. The second-order valence-corrected chi connectivity index (χ2v) is 6.73. The lowest BCUT2D eigenvalue weighted by Crippen LogP contribution is -2.32. The van der Waals surface area contributed by atoms with Gasteiger partial charge in [-0.1, -0.05) is 62.4 Å². The fourth-order valence-electron chi connectivity index (χ4n) is 2.81. The van der Waals surface area contributed by atoms with Crippen LogP contribution in [-0.4, -0.2) is 14.7 Å². The van der Waals surface area contributed by atoms with Crippen LogP contribution in [0.25, 0.3) is 0 Å². The minimum Gasteiger partial charge on any atom is -0.377 e. The molecule has 2 rings (SSSR count). The lowest BCUT2D eigenvalue weighted by molar-refractivity contribution is 0.0553. The third kappa shape index (κ3) is 4.09. The van der Waals surface area contributed by atoms with Crippen molar-refractivity contribution in [3.63, 3.8) is 0 Å². The molecule has 126 valence electrons. The molecule has 0 saturated carbocycles. The molecule has 1 N–H and O–H groups in total. The topological polar surface area (TPSA) is 38.0 Å². The molecule has 0 amide bonds. The van der Waals surface area contributed by atoms with Crippen molar-refractivity contribution in [3.8, 4) is 0 Å². The van der Waals surface area contributed by atoms with Crippen molar-refractivity contribution in [3.05, 3.63) is 52.0 Å². The van der Waals surface area contributed by atoms with Crippen LogP contribution in [0.15, 0.2) is 30.6 Å². The predicted molar refractivity (Wildman–Crippen MR) is 96.1 cm³/mol. The number of hydrogen-bond donors (Lipinski definition) is 1. The summed E-state index contributed by atoms with van der Waals surface area (Å²) in [5.41, 5.74) is -0.532. The average molecular weight is 355 g/mol. The van der Waals surface area contributed by atoms with Crippen LogP contribution in [0.5, 0.6) is 0 Å². The van der Waals surface area contributed by atoms with Crippen molar-refractivity contribution in [2.75, 3.05) is 0 Å². The molecule has 1 aromatic heterocycles. The van der Waals surface area contributed by atoms with Gasteiger partial charge < -0.3 is 9.67 Å². The molecule has 3 nitrogen and oxygen atoms in total. The van der Waals surface area contributed by atoms with Crippen molar-refractivity contribution < 1.29 is 5.11 Å². The largest absolute Gasteiger partial charge is 0.377 e. The normalized spacial score (nSPS) is 14.0. The van der Waals surface area contributed by atoms with Gasteiger partial charge in [-0.2, -0.15) is 0 Å². The predicted octanol–water partition coefficient (Wildman–Crippen LogP) is 5.42. The van der Waals surface area contributed by atoms with Crippen LogP contribution in [-0.2, 0) is 12.1 Å². The fraction of sp³-hybridized carbons (Fsp3) is 0.500. The molecule has 5 heteroatoms. The maximum Gasteiger partial charge on any atom is 0.149 e. The highest BCUT2D eigenvalue weighted by atomic mass is 35.5. The van der Waals surface area contributed by atoms with Gasteiger partial charge in [-0.15, -0.1) is 0 Å². The number of benzene rings is 1. The Labute approximate surface area is 148 Å². The van der Waals surface area contributed by atoms with Crippen LogP contribution in [0.2, 0.25) is 10.0 Å². The molecule has 0 fully saturated rings. The van der Waals surface area contributed by atoms with Crippen molar-refractivity contribution in [1.29, 1.82) is 0 Å². The second-order valence-electron chi connectivity index (χ2n) is 5.89. The number of aliphatic hydroxyl groups is 1. The highest BCUT2D eigenvalue weighted by Gasteiger charge is 2.37. The number of unbranched alkanes of at least 4 members (excludes halogenated alkanes) is 2. The molecular formula is C18H24Cl2N2O. The van der Waals surface area contributed by atoms with Gasteiger partial charge in [-0.05, 0) is 25.0 Å². The van der Waals surface area contributed by atoms with Gasteiger partial charge in [0.1, 0.15) is 11.4 Å². The van der Waals surface area contributed by atoms with Gasteiger partial charge in [0.05, 0.1) is 0 Å². The summed E-state index contributed by atoms with van der Waals surface area (Å²) in [5, 5.41) is 12.5. The highest BCUT2D eigenvalue weighted by Crippen LogP contribution is 2.38. The van der Waals surface area contributed by atoms with E-state index in [9.17, 15) is 5.11 Å². The zero-order chi connectivity index (χ0) is 16.9. The third-order valence-corrected chi connectivity index (χ3v) is 4.65. The third-order valence-electron chi connectivity index (χ3n) is 4.11. The minimum atomic E-state index is -1.20. The van der Waals surface area contributed by atoms with E-state index < -0.39 is 5.60 Å². The minimum absolute atomic E-state index is 0.473. The van der Waals surface area contributed by atoms with Crippen LogP contribution in [0.1, 0.15) is 57.3 Å². The Morgan fingerprint density at radius 3 is 2.57 bits per heavy atom. The van der Waals surface area contributed by atoms with E-state index in [1.54, 1.807) is 24.4 Å². The van der Waals surface area contributed by atoms with E-state index in [2.05, 4.69) is 18.8 Å². The van der Waals surface area contributed by atoms with E-state index in [-0.39, 0.29) is 0 Å². The van der Waals surface area contributed by atoms with E-state index in [1.807, 2.05) is 10.8 Å². The highest BCUT2D eigenvalue weighted by molar-refractivity contribution is 6.35. The Hall–Kier alpha value is -1.03. The average Bonchev–Trinajstić information content (AvgIpc) is 2.99. The molecule has 23 heavy (non-hydrogen) atoms. The van der Waals surface area contributed by atoms with Crippen LogP contribution in [0.4, 0.5) is 0 Å². The van der Waals surface area contributed by atoms with Gasteiger partial charge >= 0.3 is 0 Å². The first-order chi connectivity index (χ1) is 11.0. The molecule has 0 spiro atoms. The number of aryl methyl sites for hydroxylation is 1. The number of nitrogens with zero attached hydrogens (tertiary/aromatic N) is 2. The van der Waals surface area contributed by atoms with Crippen molar-refractivity contribution in [2.24, 2.45) is 0 Å². The van der Waals surface area contributed by atoms with E-state index in [4.69, 9.17) is 23.2 Å². The van der Waals surface area contributed by atoms with Crippen LogP contribution >= 0.6 is 23.2 Å². The molecule has 2 aromatic rings. The molecule has 0 aliphatic heterocycles. The Morgan fingerprint density at radius 2 is 1.91 bits per heavy atom. The fourth-order valence-corrected chi connectivity index (χ4v) is 3.37. The SMILES string of the molecule is CCCCn1ccnc1C(O)(CCCC)c1ccc(Cl)cc1Cl. The van der Waals surface area contributed by atoms with Gasteiger partial charge in [0, 0.05) is 34.5 Å². The number of hydrogen-bond acceptors (Lipinski definition) is 2. The summed E-state index contributed by atoms with van der Waals surface area (Å²) in [5.74, 6) is 0.656. The maximum atomic E-state index is 11.5. The van der Waals surface area contributed by atoms with Crippen molar-refractivity contribution in [2.45, 2.75) is 58.1 Å². The summed E-state index contributed by atoms with van der Waals surface area (Å²) >= 11 is 12.4. The first-order valence-corrected chi connectivity index (χ1v) is 8.98. The molecular weight excluding hydrogens is 331 g/mol. The number of aromatic nitrogens is 2. The molecule has 0 aliphatic rings. The summed E-state index contributed by atoms with van der Waals surface area (Å²) < 4.78 is 2.03. The lowest BCUT2D eigenvalue weighted by Gasteiger charge is -2.30. The molecule has 0 aliphatic carbocycles. The quantitative estimate of drug-likeness (QED) is 0.687. The summed E-state index contributed by atoms with van der Waals surface area (Å²) in [7, 11) is 0. The molecule has 0 bridgehead atoms. The van der Waals surface area contributed by atoms with Gasteiger partial charge in [0.15, 0.2) is 0 Å². The summed E-state index contributed by atoms with van der Waals surface area (Å²) in [4.78, 5) is 4.46. The molecule has 0 radical (unpaired) electrons. The van der Waals surface area contributed by atoms with Crippen molar-refractivity contribution in [1.82, 2.24) is 9.55 Å². The zero-order valence-electron chi connectivity index (χ0n) is 13.7. The Bertz CT molecular complexity index is 642.